The lowest BCUT2D eigenvalue weighted by atomic mass is 10.1. The highest BCUT2D eigenvalue weighted by molar-refractivity contribution is 6.17. The molecular weight excluding hydrogens is 183 g/mol. The molecule has 0 aliphatic heterocycles. The van der Waals surface area contributed by atoms with E-state index in [1.165, 1.54) is 7.11 Å². The van der Waals surface area contributed by atoms with Gasteiger partial charge < -0.3 is 19.5 Å². The fraction of sp³-hybridized carbons (Fsp3) is 0.333. The highest BCUT2D eigenvalue weighted by atomic mass is 16.5. The summed E-state index contributed by atoms with van der Waals surface area (Å²) in [6.45, 7) is 1.75. The van der Waals surface area contributed by atoms with Crippen molar-refractivity contribution in [1.29, 1.82) is 0 Å². The zero-order chi connectivity index (χ0) is 10.6. The fourth-order valence-electron chi connectivity index (χ4n) is 1.26. The van der Waals surface area contributed by atoms with Gasteiger partial charge in [0.25, 0.3) is 0 Å². The van der Waals surface area contributed by atoms with Crippen LogP contribution in [0.25, 0.3) is 0 Å². The number of methoxy groups -OCH3 is 1. The van der Waals surface area contributed by atoms with Gasteiger partial charge in [-0.3, -0.25) is 0 Å². The van der Waals surface area contributed by atoms with Crippen molar-refractivity contribution < 1.29 is 19.5 Å². The van der Waals surface area contributed by atoms with Crippen molar-refractivity contribution in [1.82, 2.24) is 0 Å². The van der Waals surface area contributed by atoms with Crippen molar-refractivity contribution >= 4 is 7.69 Å². The summed E-state index contributed by atoms with van der Waals surface area (Å²) in [5.74, 6) is 0.937. The Morgan fingerprint density at radius 3 is 2.64 bits per heavy atom. The van der Waals surface area contributed by atoms with E-state index in [-0.39, 0.29) is 6.61 Å². The first-order valence-electron chi connectivity index (χ1n) is 4.13. The van der Waals surface area contributed by atoms with Gasteiger partial charge in [-0.1, -0.05) is 0 Å². The van der Waals surface area contributed by atoms with Gasteiger partial charge in [-0.2, -0.15) is 0 Å². The van der Waals surface area contributed by atoms with Crippen LogP contribution in [-0.4, -0.2) is 24.9 Å². The van der Waals surface area contributed by atoms with Crippen LogP contribution in [0.1, 0.15) is 11.1 Å². The van der Waals surface area contributed by atoms with Gasteiger partial charge in [-0.05, 0) is 30.2 Å². The molecular formula is C9H12BO4. The third kappa shape index (κ3) is 2.18. The van der Waals surface area contributed by atoms with Crippen LogP contribution in [-0.2, 0) is 6.61 Å². The number of aryl methyl sites for hydroxylation is 1. The Balaban J connectivity index is 3.13. The maximum Gasteiger partial charge on any atom is 0.569 e. The summed E-state index contributed by atoms with van der Waals surface area (Å²) in [6, 6.07) is 3.42. The third-order valence-corrected chi connectivity index (χ3v) is 1.87. The third-order valence-electron chi connectivity index (χ3n) is 1.87. The lowest BCUT2D eigenvalue weighted by Gasteiger charge is -2.12. The molecule has 0 saturated heterocycles. The Labute approximate surface area is 83.4 Å². The second-order valence-electron chi connectivity index (χ2n) is 2.83. The van der Waals surface area contributed by atoms with E-state index >= 15 is 0 Å². The molecule has 0 atom stereocenters. The molecule has 0 aromatic heterocycles. The first-order chi connectivity index (χ1) is 6.72. The average Bonchev–Trinajstić information content (AvgIpc) is 2.20. The Hall–Kier alpha value is -1.20. The van der Waals surface area contributed by atoms with Gasteiger partial charge >= 0.3 is 7.69 Å². The predicted octanol–water partition coefficient (Wildman–Crippen LogP) is 0.401. The number of benzene rings is 1. The second kappa shape index (κ2) is 4.88. The fourth-order valence-corrected chi connectivity index (χ4v) is 1.26. The van der Waals surface area contributed by atoms with E-state index in [1.54, 1.807) is 19.1 Å². The minimum Gasteiger partial charge on any atom is -0.535 e. The van der Waals surface area contributed by atoms with E-state index in [9.17, 15) is 0 Å². The zero-order valence-electron chi connectivity index (χ0n) is 8.15. The Bertz CT molecular complexity index is 314. The van der Waals surface area contributed by atoms with Crippen LogP contribution >= 0.6 is 0 Å². The lowest BCUT2D eigenvalue weighted by molar-refractivity contribution is 0.280. The van der Waals surface area contributed by atoms with Gasteiger partial charge in [-0.25, -0.2) is 0 Å². The highest BCUT2D eigenvalue weighted by Crippen LogP contribution is 2.31. The largest absolute Gasteiger partial charge is 0.569 e. The molecule has 1 aromatic rings. The molecule has 0 heterocycles. The Morgan fingerprint density at radius 2 is 2.14 bits per heavy atom. The van der Waals surface area contributed by atoms with Gasteiger partial charge in [0.15, 0.2) is 5.75 Å². The smallest absolute Gasteiger partial charge is 0.535 e. The number of aliphatic hydroxyl groups is 1. The van der Waals surface area contributed by atoms with Crippen LogP contribution in [0.4, 0.5) is 0 Å². The minimum atomic E-state index is -0.0552. The summed E-state index contributed by atoms with van der Waals surface area (Å²) in [5, 5.41) is 17.5. The molecule has 5 heteroatoms. The first-order valence-corrected chi connectivity index (χ1v) is 4.13. The van der Waals surface area contributed by atoms with Crippen molar-refractivity contribution in [2.75, 3.05) is 7.11 Å². The number of hydrogen-bond acceptors (Lipinski definition) is 4. The second-order valence-corrected chi connectivity index (χ2v) is 2.83. The maximum atomic E-state index is 8.95. The molecule has 14 heavy (non-hydrogen) atoms. The topological polar surface area (TPSA) is 58.9 Å². The minimum absolute atomic E-state index is 0.0552. The van der Waals surface area contributed by atoms with Gasteiger partial charge in [0.1, 0.15) is 5.75 Å². The number of hydrogen-bond donors (Lipinski definition) is 2. The highest BCUT2D eigenvalue weighted by Gasteiger charge is 2.09. The first kappa shape index (κ1) is 10.9. The summed E-state index contributed by atoms with van der Waals surface area (Å²) in [6.07, 6.45) is 0. The average molecular weight is 195 g/mol. The molecule has 2 N–H and O–H groups in total. The molecule has 0 fully saturated rings. The number of ether oxygens (including phenoxy) is 1. The normalized spacial score (nSPS) is 9.71. The lowest BCUT2D eigenvalue weighted by Crippen LogP contribution is -2.04. The molecule has 75 valence electrons. The molecule has 4 nitrogen and oxygen atoms in total. The molecule has 0 amide bonds. The van der Waals surface area contributed by atoms with Crippen molar-refractivity contribution in [2.45, 2.75) is 13.5 Å². The van der Waals surface area contributed by atoms with E-state index in [1.807, 2.05) is 0 Å². The number of aliphatic hydroxyl groups excluding tert-OH is 1. The van der Waals surface area contributed by atoms with E-state index < -0.39 is 0 Å². The van der Waals surface area contributed by atoms with Crippen LogP contribution in [0.3, 0.4) is 0 Å². The molecule has 0 aliphatic rings. The van der Waals surface area contributed by atoms with Crippen LogP contribution in [0.2, 0.25) is 0 Å². The van der Waals surface area contributed by atoms with E-state index in [0.29, 0.717) is 19.2 Å². The van der Waals surface area contributed by atoms with Crippen LogP contribution in [0.15, 0.2) is 12.1 Å². The van der Waals surface area contributed by atoms with Gasteiger partial charge in [0, 0.05) is 0 Å². The van der Waals surface area contributed by atoms with E-state index in [4.69, 9.17) is 19.5 Å². The van der Waals surface area contributed by atoms with Crippen LogP contribution < -0.4 is 9.39 Å². The zero-order valence-corrected chi connectivity index (χ0v) is 8.15. The summed E-state index contributed by atoms with van der Waals surface area (Å²) in [4.78, 5) is 0. The molecule has 0 aliphatic carbocycles. The van der Waals surface area contributed by atoms with E-state index in [0.717, 1.165) is 11.1 Å². The van der Waals surface area contributed by atoms with E-state index in [2.05, 4.69) is 0 Å². The molecule has 0 spiro atoms. The summed E-state index contributed by atoms with van der Waals surface area (Å²) in [7, 11) is 2.10. The summed E-state index contributed by atoms with van der Waals surface area (Å²) < 4.78 is 9.94. The van der Waals surface area contributed by atoms with Crippen LogP contribution in [0.5, 0.6) is 11.5 Å². The molecule has 1 radical (unpaired) electrons. The van der Waals surface area contributed by atoms with Gasteiger partial charge in [0.2, 0.25) is 0 Å². The quantitative estimate of drug-likeness (QED) is 0.682. The van der Waals surface area contributed by atoms with Crippen molar-refractivity contribution in [2.24, 2.45) is 0 Å². The monoisotopic (exact) mass is 195 g/mol. The molecule has 0 bridgehead atoms. The molecule has 1 rings (SSSR count). The van der Waals surface area contributed by atoms with Crippen molar-refractivity contribution in [3.8, 4) is 11.5 Å². The molecule has 1 aromatic carbocycles. The van der Waals surface area contributed by atoms with Gasteiger partial charge in [-0.15, -0.1) is 0 Å². The van der Waals surface area contributed by atoms with Crippen LogP contribution in [0, 0.1) is 6.92 Å². The predicted molar refractivity (Wildman–Crippen MR) is 52.3 cm³/mol. The molecule has 0 saturated carbocycles. The summed E-state index contributed by atoms with van der Waals surface area (Å²) >= 11 is 0. The molecule has 0 unspecified atom stereocenters. The van der Waals surface area contributed by atoms with Crippen molar-refractivity contribution in [3.05, 3.63) is 23.3 Å². The Kier molecular flexibility index (Phi) is 3.79. The Morgan fingerprint density at radius 1 is 1.43 bits per heavy atom. The van der Waals surface area contributed by atoms with Crippen molar-refractivity contribution in [3.63, 3.8) is 0 Å². The standard InChI is InChI=1S/C9H12BO4/c1-6-3-7(5-11)4-8(13-2)9(6)14-10-12/h3-4,11-12H,5H2,1-2H3. The SMILES string of the molecule is COc1cc(CO)cc(C)c1O[B]O. The maximum absolute atomic E-state index is 8.95. The van der Waals surface area contributed by atoms with Gasteiger partial charge in [0.05, 0.1) is 13.7 Å². The summed E-state index contributed by atoms with van der Waals surface area (Å²) in [5.41, 5.74) is 1.53. The number of rotatable bonds is 4.